The van der Waals surface area contributed by atoms with Crippen molar-refractivity contribution in [2.75, 3.05) is 12.4 Å². The Hall–Kier alpha value is -3.13. The normalized spacial score (nSPS) is 10.8. The maximum atomic E-state index is 4.74. The van der Waals surface area contributed by atoms with Gasteiger partial charge in [-0.15, -0.1) is 0 Å². The van der Waals surface area contributed by atoms with Crippen LogP contribution in [-0.4, -0.2) is 12.8 Å². The van der Waals surface area contributed by atoms with Crippen molar-refractivity contribution in [3.8, 4) is 0 Å². The van der Waals surface area contributed by atoms with Crippen LogP contribution in [0.25, 0.3) is 6.08 Å². The molecule has 0 saturated heterocycles. The molecule has 0 bridgehead atoms. The van der Waals surface area contributed by atoms with Gasteiger partial charge >= 0.3 is 0 Å². The lowest BCUT2D eigenvalue weighted by molar-refractivity contribution is 1.34. The molecule has 0 radical (unpaired) electrons. The van der Waals surface area contributed by atoms with Crippen LogP contribution in [0.1, 0.15) is 40.3 Å². The first-order valence-corrected chi connectivity index (χ1v) is 9.94. The van der Waals surface area contributed by atoms with Gasteiger partial charge in [-0.2, -0.15) is 0 Å². The van der Waals surface area contributed by atoms with Crippen molar-refractivity contribution in [2.45, 2.75) is 34.6 Å². The van der Waals surface area contributed by atoms with Crippen molar-refractivity contribution in [3.05, 3.63) is 101 Å². The van der Waals surface area contributed by atoms with E-state index < -0.39 is 0 Å². The standard InChI is InChI=1S/C17H20N2.C10H12/c1-12-5-6-13(2)17(11-12)19-14(3)15-7-9-16(18-4)10-8-15;1-4-10-6-5-8(2)7-9(10)3/h5-11,18H,1-4H3;4-7H,1H2,2-3H3. The highest BCUT2D eigenvalue weighted by molar-refractivity contribution is 6.00. The quantitative estimate of drug-likeness (QED) is 0.465. The van der Waals surface area contributed by atoms with E-state index in [2.05, 4.69) is 107 Å². The second-order valence-electron chi connectivity index (χ2n) is 7.38. The number of aliphatic imine (C=N–C) groups is 1. The smallest absolute Gasteiger partial charge is 0.0664 e. The van der Waals surface area contributed by atoms with Crippen molar-refractivity contribution in [1.82, 2.24) is 0 Å². The molecule has 2 heteroatoms. The van der Waals surface area contributed by atoms with Gasteiger partial charge in [-0.3, -0.25) is 4.99 Å². The van der Waals surface area contributed by atoms with E-state index in [1.54, 1.807) is 0 Å². The first-order chi connectivity index (χ1) is 13.8. The van der Waals surface area contributed by atoms with Crippen LogP contribution >= 0.6 is 0 Å². The topological polar surface area (TPSA) is 24.4 Å². The van der Waals surface area contributed by atoms with E-state index in [0.29, 0.717) is 0 Å². The first kappa shape index (κ1) is 22.2. The number of nitrogens with zero attached hydrogens (tertiary/aromatic N) is 1. The summed E-state index contributed by atoms with van der Waals surface area (Å²) in [4.78, 5) is 4.74. The van der Waals surface area contributed by atoms with Gasteiger partial charge in [0.15, 0.2) is 0 Å². The molecule has 0 fully saturated rings. The van der Waals surface area contributed by atoms with Crippen LogP contribution in [0, 0.1) is 27.7 Å². The molecule has 150 valence electrons. The van der Waals surface area contributed by atoms with Crippen LogP contribution in [0.4, 0.5) is 11.4 Å². The third-order valence-corrected chi connectivity index (χ3v) is 4.89. The molecule has 3 aromatic rings. The monoisotopic (exact) mass is 384 g/mol. The first-order valence-electron chi connectivity index (χ1n) is 9.94. The Labute approximate surface area is 176 Å². The molecular weight excluding hydrogens is 352 g/mol. The van der Waals surface area contributed by atoms with Gasteiger partial charge in [0.2, 0.25) is 0 Å². The van der Waals surface area contributed by atoms with E-state index in [0.717, 1.165) is 22.6 Å². The molecule has 3 rings (SSSR count). The summed E-state index contributed by atoms with van der Waals surface area (Å²) in [6.45, 7) is 14.2. The number of aryl methyl sites for hydroxylation is 4. The Kier molecular flexibility index (Phi) is 7.97. The summed E-state index contributed by atoms with van der Waals surface area (Å²) < 4.78 is 0. The molecule has 0 unspecified atom stereocenters. The molecule has 0 saturated carbocycles. The zero-order valence-electron chi connectivity index (χ0n) is 18.5. The molecule has 0 aliphatic carbocycles. The fourth-order valence-corrected chi connectivity index (χ4v) is 3.02. The Balaban J connectivity index is 0.000000253. The molecule has 0 aliphatic rings. The second-order valence-corrected chi connectivity index (χ2v) is 7.38. The Morgan fingerprint density at radius 2 is 1.45 bits per heavy atom. The highest BCUT2D eigenvalue weighted by Crippen LogP contribution is 2.21. The molecule has 2 nitrogen and oxygen atoms in total. The average Bonchev–Trinajstić information content (AvgIpc) is 2.71. The summed E-state index contributed by atoms with van der Waals surface area (Å²) in [5.74, 6) is 0. The van der Waals surface area contributed by atoms with Crippen molar-refractivity contribution in [3.63, 3.8) is 0 Å². The van der Waals surface area contributed by atoms with Gasteiger partial charge in [0.25, 0.3) is 0 Å². The lowest BCUT2D eigenvalue weighted by Gasteiger charge is -2.06. The molecule has 0 heterocycles. The maximum Gasteiger partial charge on any atom is 0.0664 e. The number of rotatable bonds is 4. The average molecular weight is 385 g/mol. The van der Waals surface area contributed by atoms with Gasteiger partial charge in [-0.05, 0) is 80.6 Å². The van der Waals surface area contributed by atoms with Crippen molar-refractivity contribution in [2.24, 2.45) is 4.99 Å². The van der Waals surface area contributed by atoms with Gasteiger partial charge in [-0.25, -0.2) is 0 Å². The molecule has 1 N–H and O–H groups in total. The summed E-state index contributed by atoms with van der Waals surface area (Å²) in [7, 11) is 1.92. The predicted octanol–water partition coefficient (Wildman–Crippen LogP) is 7.43. The SMILES string of the molecule is C=Cc1ccc(C)cc1C.CNc1ccc(C(C)=Nc2cc(C)ccc2C)cc1. The molecule has 3 aromatic carbocycles. The van der Waals surface area contributed by atoms with Gasteiger partial charge < -0.3 is 5.32 Å². The van der Waals surface area contributed by atoms with E-state index in [4.69, 9.17) is 4.99 Å². The van der Waals surface area contributed by atoms with Gasteiger partial charge in [0.1, 0.15) is 0 Å². The van der Waals surface area contributed by atoms with Crippen LogP contribution in [0.15, 0.2) is 72.2 Å². The Bertz CT molecular complexity index is 996. The third-order valence-electron chi connectivity index (χ3n) is 4.89. The predicted molar refractivity (Wildman–Crippen MR) is 130 cm³/mol. The second kappa shape index (κ2) is 10.4. The molecular formula is C27H32N2. The van der Waals surface area contributed by atoms with Crippen molar-refractivity contribution >= 4 is 23.2 Å². The number of anilines is 1. The van der Waals surface area contributed by atoms with Crippen LogP contribution in [-0.2, 0) is 0 Å². The van der Waals surface area contributed by atoms with Crippen LogP contribution in [0.5, 0.6) is 0 Å². The van der Waals surface area contributed by atoms with E-state index in [1.165, 1.54) is 27.8 Å². The van der Waals surface area contributed by atoms with Crippen molar-refractivity contribution in [1.29, 1.82) is 0 Å². The highest BCUT2D eigenvalue weighted by atomic mass is 14.8. The fraction of sp³-hybridized carbons (Fsp3) is 0.222. The van der Waals surface area contributed by atoms with Crippen LogP contribution in [0.3, 0.4) is 0 Å². The van der Waals surface area contributed by atoms with E-state index in [9.17, 15) is 0 Å². The minimum atomic E-state index is 1.04. The largest absolute Gasteiger partial charge is 0.388 e. The zero-order valence-corrected chi connectivity index (χ0v) is 18.5. The molecule has 0 amide bonds. The van der Waals surface area contributed by atoms with E-state index in [1.807, 2.05) is 13.1 Å². The zero-order chi connectivity index (χ0) is 21.4. The molecule has 0 aromatic heterocycles. The van der Waals surface area contributed by atoms with Gasteiger partial charge in [0, 0.05) is 18.4 Å². The van der Waals surface area contributed by atoms with Crippen LogP contribution < -0.4 is 5.32 Å². The lowest BCUT2D eigenvalue weighted by atomic mass is 10.1. The molecule has 0 spiro atoms. The molecule has 0 atom stereocenters. The highest BCUT2D eigenvalue weighted by Gasteiger charge is 2.01. The Morgan fingerprint density at radius 1 is 0.828 bits per heavy atom. The third kappa shape index (κ3) is 6.46. The number of hydrogen-bond donors (Lipinski definition) is 1. The summed E-state index contributed by atoms with van der Waals surface area (Å²) in [6, 6.07) is 21.0. The summed E-state index contributed by atoms with van der Waals surface area (Å²) in [5, 5.41) is 3.12. The number of benzene rings is 3. The van der Waals surface area contributed by atoms with Gasteiger partial charge in [-0.1, -0.05) is 60.7 Å². The maximum absolute atomic E-state index is 4.74. The number of nitrogens with one attached hydrogen (secondary N) is 1. The minimum absolute atomic E-state index is 1.04. The van der Waals surface area contributed by atoms with E-state index >= 15 is 0 Å². The van der Waals surface area contributed by atoms with Crippen LogP contribution in [0.2, 0.25) is 0 Å². The lowest BCUT2D eigenvalue weighted by Crippen LogP contribution is -1.95. The molecule has 0 aliphatic heterocycles. The molecule has 29 heavy (non-hydrogen) atoms. The summed E-state index contributed by atoms with van der Waals surface area (Å²) >= 11 is 0. The Morgan fingerprint density at radius 3 is 2.03 bits per heavy atom. The fourth-order valence-electron chi connectivity index (χ4n) is 3.02. The van der Waals surface area contributed by atoms with Crippen molar-refractivity contribution < 1.29 is 0 Å². The van der Waals surface area contributed by atoms with E-state index in [-0.39, 0.29) is 0 Å². The number of hydrogen-bond acceptors (Lipinski definition) is 2. The minimum Gasteiger partial charge on any atom is -0.388 e. The van der Waals surface area contributed by atoms with Gasteiger partial charge in [0.05, 0.1) is 5.69 Å². The summed E-state index contributed by atoms with van der Waals surface area (Å²) in [6.07, 6.45) is 1.88. The summed E-state index contributed by atoms with van der Waals surface area (Å²) in [5.41, 5.74) is 10.6.